The quantitative estimate of drug-likeness (QED) is 0.816. The number of phenolic OH excluding ortho intramolecular Hbond substituents is 1. The number of aromatic nitrogens is 1. The van der Waals surface area contributed by atoms with Gasteiger partial charge in [-0.15, -0.1) is 0 Å². The van der Waals surface area contributed by atoms with Crippen LogP contribution in [0, 0.1) is 0 Å². The molecule has 0 atom stereocenters. The third-order valence-corrected chi connectivity index (χ3v) is 2.62. The number of hydrogen-bond acceptors (Lipinski definition) is 3. The lowest BCUT2D eigenvalue weighted by atomic mass is 9.82. The highest BCUT2D eigenvalue weighted by Crippen LogP contribution is 2.32. The van der Waals surface area contributed by atoms with Gasteiger partial charge in [0, 0.05) is 5.41 Å². The summed E-state index contributed by atoms with van der Waals surface area (Å²) in [5.74, 6) is 1.05. The van der Waals surface area contributed by atoms with Gasteiger partial charge < -0.3 is 9.52 Å². The summed E-state index contributed by atoms with van der Waals surface area (Å²) in [6.07, 6.45) is 3.12. The molecule has 1 aromatic heterocycles. The highest BCUT2D eigenvalue weighted by atomic mass is 16.3. The molecule has 1 aromatic carbocycles. The lowest BCUT2D eigenvalue weighted by Crippen LogP contribution is -2.17. The van der Waals surface area contributed by atoms with Crippen molar-refractivity contribution in [2.24, 2.45) is 0 Å². The number of aromatic hydroxyl groups is 1. The Hall–Kier alpha value is -1.77. The first kappa shape index (κ1) is 9.77. The number of phenols is 1. The molecule has 0 bridgehead atoms. The number of nitrogens with zero attached hydrogens (tertiary/aromatic N) is 1. The van der Waals surface area contributed by atoms with Crippen molar-refractivity contribution in [3.63, 3.8) is 0 Å². The van der Waals surface area contributed by atoms with Crippen molar-refractivity contribution in [1.82, 2.24) is 4.98 Å². The van der Waals surface area contributed by atoms with Crippen molar-refractivity contribution < 1.29 is 9.52 Å². The Morgan fingerprint density at radius 1 is 1.33 bits per heavy atom. The molecule has 1 N–H and O–H groups in total. The predicted molar refractivity (Wildman–Crippen MR) is 56.7 cm³/mol. The van der Waals surface area contributed by atoms with Crippen molar-refractivity contribution >= 4 is 0 Å². The third kappa shape index (κ3) is 1.73. The molecular weight excluding hydrogens is 190 g/mol. The molecule has 0 spiro atoms. The standard InChI is InChI=1S/C12H13NO2/c1-12(2,11-7-13-8-15-11)9-4-3-5-10(14)6-9/h3-8,14H,1-2H3. The molecule has 0 amide bonds. The van der Waals surface area contributed by atoms with E-state index < -0.39 is 0 Å². The van der Waals surface area contributed by atoms with E-state index in [2.05, 4.69) is 4.98 Å². The minimum atomic E-state index is -0.282. The van der Waals surface area contributed by atoms with Gasteiger partial charge in [-0.3, -0.25) is 0 Å². The Labute approximate surface area is 88.4 Å². The SMILES string of the molecule is CC(C)(c1cccc(O)c1)c1cnco1. The third-order valence-electron chi connectivity index (χ3n) is 2.62. The van der Waals surface area contributed by atoms with Crippen LogP contribution in [0.4, 0.5) is 0 Å². The average Bonchev–Trinajstić information content (AvgIpc) is 2.71. The Bertz CT molecular complexity index is 446. The van der Waals surface area contributed by atoms with Crippen LogP contribution in [-0.2, 0) is 5.41 Å². The van der Waals surface area contributed by atoms with Gasteiger partial charge in [-0.25, -0.2) is 4.98 Å². The Morgan fingerprint density at radius 3 is 2.73 bits per heavy atom. The van der Waals surface area contributed by atoms with Crippen LogP contribution in [0.3, 0.4) is 0 Å². The van der Waals surface area contributed by atoms with Crippen molar-refractivity contribution in [2.75, 3.05) is 0 Å². The molecule has 0 saturated heterocycles. The summed E-state index contributed by atoms with van der Waals surface area (Å²) in [6, 6.07) is 7.17. The lowest BCUT2D eigenvalue weighted by Gasteiger charge is -2.22. The zero-order valence-corrected chi connectivity index (χ0v) is 8.77. The molecule has 0 fully saturated rings. The summed E-state index contributed by atoms with van der Waals surface area (Å²) in [7, 11) is 0. The highest BCUT2D eigenvalue weighted by molar-refractivity contribution is 5.36. The minimum absolute atomic E-state index is 0.264. The molecule has 0 radical (unpaired) electrons. The van der Waals surface area contributed by atoms with Crippen molar-refractivity contribution in [2.45, 2.75) is 19.3 Å². The molecule has 0 aliphatic rings. The zero-order chi connectivity index (χ0) is 10.9. The zero-order valence-electron chi connectivity index (χ0n) is 8.77. The van der Waals surface area contributed by atoms with Crippen LogP contribution in [0.2, 0.25) is 0 Å². The van der Waals surface area contributed by atoms with Gasteiger partial charge in [0.25, 0.3) is 0 Å². The Kier molecular flexibility index (Phi) is 2.23. The fourth-order valence-corrected chi connectivity index (χ4v) is 1.56. The summed E-state index contributed by atoms with van der Waals surface area (Å²) in [5.41, 5.74) is 0.717. The minimum Gasteiger partial charge on any atom is -0.508 e. The monoisotopic (exact) mass is 203 g/mol. The second kappa shape index (κ2) is 3.42. The van der Waals surface area contributed by atoms with Gasteiger partial charge in [0.05, 0.1) is 6.20 Å². The summed E-state index contributed by atoms with van der Waals surface area (Å²) in [5, 5.41) is 9.43. The van der Waals surface area contributed by atoms with Gasteiger partial charge in [0.2, 0.25) is 0 Å². The van der Waals surface area contributed by atoms with Crippen LogP contribution < -0.4 is 0 Å². The Balaban J connectivity index is 2.46. The molecule has 2 rings (SSSR count). The van der Waals surface area contributed by atoms with E-state index in [-0.39, 0.29) is 11.2 Å². The molecule has 15 heavy (non-hydrogen) atoms. The van der Waals surface area contributed by atoms with E-state index in [1.54, 1.807) is 18.3 Å². The highest BCUT2D eigenvalue weighted by Gasteiger charge is 2.26. The fraction of sp³-hybridized carbons (Fsp3) is 0.250. The molecule has 0 unspecified atom stereocenters. The molecule has 78 valence electrons. The Morgan fingerprint density at radius 2 is 2.13 bits per heavy atom. The second-order valence-corrected chi connectivity index (χ2v) is 4.04. The largest absolute Gasteiger partial charge is 0.508 e. The van der Waals surface area contributed by atoms with Crippen LogP contribution in [-0.4, -0.2) is 10.1 Å². The van der Waals surface area contributed by atoms with Crippen LogP contribution >= 0.6 is 0 Å². The van der Waals surface area contributed by atoms with Gasteiger partial charge in [-0.2, -0.15) is 0 Å². The van der Waals surface area contributed by atoms with Gasteiger partial charge >= 0.3 is 0 Å². The van der Waals surface area contributed by atoms with Crippen LogP contribution in [0.1, 0.15) is 25.2 Å². The van der Waals surface area contributed by atoms with Gasteiger partial charge in [0.15, 0.2) is 6.39 Å². The lowest BCUT2D eigenvalue weighted by molar-refractivity contribution is 0.424. The summed E-state index contributed by atoms with van der Waals surface area (Å²) < 4.78 is 5.30. The number of oxazole rings is 1. The summed E-state index contributed by atoms with van der Waals surface area (Å²) >= 11 is 0. The maximum atomic E-state index is 9.43. The molecule has 1 heterocycles. The van der Waals surface area contributed by atoms with Crippen molar-refractivity contribution in [1.29, 1.82) is 0 Å². The van der Waals surface area contributed by atoms with Crippen LogP contribution in [0.25, 0.3) is 0 Å². The van der Waals surface area contributed by atoms with Gasteiger partial charge in [-0.1, -0.05) is 12.1 Å². The smallest absolute Gasteiger partial charge is 0.180 e. The van der Waals surface area contributed by atoms with Crippen LogP contribution in [0.5, 0.6) is 5.75 Å². The first-order valence-corrected chi connectivity index (χ1v) is 4.79. The van der Waals surface area contributed by atoms with E-state index in [9.17, 15) is 5.11 Å². The predicted octanol–water partition coefficient (Wildman–Crippen LogP) is 2.71. The van der Waals surface area contributed by atoms with E-state index in [1.165, 1.54) is 6.39 Å². The number of benzene rings is 1. The second-order valence-electron chi connectivity index (χ2n) is 4.04. The number of hydrogen-bond donors (Lipinski definition) is 1. The topological polar surface area (TPSA) is 46.3 Å². The van der Waals surface area contributed by atoms with E-state index in [1.807, 2.05) is 26.0 Å². The van der Waals surface area contributed by atoms with E-state index in [4.69, 9.17) is 4.42 Å². The van der Waals surface area contributed by atoms with E-state index >= 15 is 0 Å². The molecule has 3 heteroatoms. The summed E-state index contributed by atoms with van der Waals surface area (Å²) in [4.78, 5) is 3.91. The first-order valence-electron chi connectivity index (χ1n) is 4.79. The molecule has 0 aliphatic carbocycles. The normalized spacial score (nSPS) is 11.6. The van der Waals surface area contributed by atoms with Gasteiger partial charge in [-0.05, 0) is 31.5 Å². The fourth-order valence-electron chi connectivity index (χ4n) is 1.56. The van der Waals surface area contributed by atoms with Crippen LogP contribution in [0.15, 0.2) is 41.3 Å². The first-order chi connectivity index (χ1) is 7.10. The summed E-state index contributed by atoms with van der Waals surface area (Å²) in [6.45, 7) is 4.06. The molecule has 3 nitrogen and oxygen atoms in total. The molecular formula is C12H13NO2. The maximum absolute atomic E-state index is 9.43. The number of rotatable bonds is 2. The maximum Gasteiger partial charge on any atom is 0.180 e. The molecule has 0 aliphatic heterocycles. The molecule has 0 saturated carbocycles. The molecule has 2 aromatic rings. The van der Waals surface area contributed by atoms with E-state index in [0.29, 0.717) is 0 Å². The van der Waals surface area contributed by atoms with E-state index in [0.717, 1.165) is 11.3 Å². The van der Waals surface area contributed by atoms with Crippen molar-refractivity contribution in [3.8, 4) is 5.75 Å². The van der Waals surface area contributed by atoms with Crippen molar-refractivity contribution in [3.05, 3.63) is 48.2 Å². The average molecular weight is 203 g/mol. The van der Waals surface area contributed by atoms with Gasteiger partial charge in [0.1, 0.15) is 11.5 Å².